The lowest BCUT2D eigenvalue weighted by atomic mass is 10.1. The molecule has 5 aromatic rings. The third-order valence-electron chi connectivity index (χ3n) is 4.97. The fourth-order valence-corrected chi connectivity index (χ4v) is 3.60. The summed E-state index contributed by atoms with van der Waals surface area (Å²) in [6.07, 6.45) is 1.62. The van der Waals surface area contributed by atoms with E-state index < -0.39 is 11.5 Å². The van der Waals surface area contributed by atoms with E-state index in [1.807, 2.05) is 42.5 Å². The van der Waals surface area contributed by atoms with Crippen LogP contribution in [0, 0.1) is 0 Å². The lowest BCUT2D eigenvalue weighted by Crippen LogP contribution is -2.30. The van der Waals surface area contributed by atoms with Crippen LogP contribution < -0.4 is 10.9 Å². The molecule has 0 aliphatic carbocycles. The Hall–Kier alpha value is -3.97. The zero-order valence-corrected chi connectivity index (χ0v) is 16.9. The molecular weight excluding hydrogens is 414 g/mol. The Morgan fingerprint density at radius 1 is 1.06 bits per heavy atom. The standard InChI is InChI=1S/C23H16ClN5O2/c24-16-9-7-14(8-10-16)13-29-20-15(4-3-11-25-20)12-17(22(29)31)21(30)28-23-26-18-5-1-2-6-19(18)27-23/h1-12H,13H2,(H2,26,27,28,30). The number of H-pyrrole nitrogens is 1. The highest BCUT2D eigenvalue weighted by Gasteiger charge is 2.18. The monoisotopic (exact) mass is 429 g/mol. The predicted molar refractivity (Wildman–Crippen MR) is 121 cm³/mol. The van der Waals surface area contributed by atoms with Crippen molar-refractivity contribution in [3.05, 3.63) is 99.4 Å². The maximum absolute atomic E-state index is 13.3. The Morgan fingerprint density at radius 2 is 1.87 bits per heavy atom. The molecule has 3 heterocycles. The van der Waals surface area contributed by atoms with Gasteiger partial charge in [-0.2, -0.15) is 0 Å². The average Bonchev–Trinajstić information content (AvgIpc) is 3.19. The Kier molecular flexibility index (Phi) is 4.72. The summed E-state index contributed by atoms with van der Waals surface area (Å²) < 4.78 is 1.49. The molecule has 0 radical (unpaired) electrons. The number of nitrogens with one attached hydrogen (secondary N) is 2. The molecule has 8 heteroatoms. The third kappa shape index (κ3) is 3.67. The van der Waals surface area contributed by atoms with E-state index in [0.717, 1.165) is 16.6 Å². The number of pyridine rings is 2. The molecule has 1 amide bonds. The van der Waals surface area contributed by atoms with Crippen LogP contribution in [0.25, 0.3) is 22.1 Å². The van der Waals surface area contributed by atoms with Crippen molar-refractivity contribution in [1.82, 2.24) is 19.5 Å². The van der Waals surface area contributed by atoms with Crippen LogP contribution in [0.3, 0.4) is 0 Å². The first-order chi connectivity index (χ1) is 15.1. The summed E-state index contributed by atoms with van der Waals surface area (Å²) in [6, 6.07) is 19.8. The summed E-state index contributed by atoms with van der Waals surface area (Å²) >= 11 is 5.97. The highest BCUT2D eigenvalue weighted by atomic mass is 35.5. The van der Waals surface area contributed by atoms with Crippen molar-refractivity contribution in [1.29, 1.82) is 0 Å². The summed E-state index contributed by atoms with van der Waals surface area (Å²) in [4.78, 5) is 38.0. The van der Waals surface area contributed by atoms with Gasteiger partial charge in [0.1, 0.15) is 11.2 Å². The van der Waals surface area contributed by atoms with Crippen LogP contribution in [-0.2, 0) is 6.54 Å². The molecule has 2 N–H and O–H groups in total. The van der Waals surface area contributed by atoms with E-state index in [4.69, 9.17) is 11.6 Å². The molecule has 0 saturated heterocycles. The number of imidazole rings is 1. The Morgan fingerprint density at radius 3 is 2.68 bits per heavy atom. The van der Waals surface area contributed by atoms with Gasteiger partial charge in [0.05, 0.1) is 17.6 Å². The van der Waals surface area contributed by atoms with Crippen molar-refractivity contribution in [2.45, 2.75) is 6.54 Å². The van der Waals surface area contributed by atoms with Gasteiger partial charge in [-0.15, -0.1) is 0 Å². The summed E-state index contributed by atoms with van der Waals surface area (Å²) in [5.41, 5.74) is 2.46. The van der Waals surface area contributed by atoms with Gasteiger partial charge in [-0.25, -0.2) is 9.97 Å². The van der Waals surface area contributed by atoms with Crippen LogP contribution >= 0.6 is 11.6 Å². The zero-order chi connectivity index (χ0) is 21.4. The van der Waals surface area contributed by atoms with Crippen LogP contribution in [0.1, 0.15) is 15.9 Å². The highest BCUT2D eigenvalue weighted by Crippen LogP contribution is 2.17. The van der Waals surface area contributed by atoms with E-state index in [1.54, 1.807) is 30.5 Å². The van der Waals surface area contributed by atoms with Crippen molar-refractivity contribution < 1.29 is 4.79 Å². The molecule has 7 nitrogen and oxygen atoms in total. The number of hydrogen-bond acceptors (Lipinski definition) is 4. The summed E-state index contributed by atoms with van der Waals surface area (Å²) in [6.45, 7) is 0.259. The second kappa shape index (κ2) is 7.70. The van der Waals surface area contributed by atoms with Gasteiger partial charge >= 0.3 is 0 Å². The SMILES string of the molecule is O=C(Nc1nc2ccccc2[nH]1)c1cc2cccnc2n(Cc2ccc(Cl)cc2)c1=O. The van der Waals surface area contributed by atoms with Gasteiger partial charge in [-0.3, -0.25) is 19.5 Å². The minimum absolute atomic E-state index is 0.00918. The van der Waals surface area contributed by atoms with Gasteiger partial charge in [-0.1, -0.05) is 35.9 Å². The number of amides is 1. The number of rotatable bonds is 4. The quantitative estimate of drug-likeness (QED) is 0.447. The van der Waals surface area contributed by atoms with Crippen LogP contribution in [0.2, 0.25) is 5.02 Å². The molecule has 0 spiro atoms. The molecule has 3 aromatic heterocycles. The fraction of sp³-hybridized carbons (Fsp3) is 0.0435. The minimum atomic E-state index is -0.542. The van der Waals surface area contributed by atoms with E-state index in [1.165, 1.54) is 4.57 Å². The Labute approximate surface area is 181 Å². The summed E-state index contributed by atoms with van der Waals surface area (Å²) in [7, 11) is 0. The first kappa shape index (κ1) is 19.0. The second-order valence-corrected chi connectivity index (χ2v) is 7.49. The first-order valence-corrected chi connectivity index (χ1v) is 9.95. The van der Waals surface area contributed by atoms with Crippen molar-refractivity contribution in [2.24, 2.45) is 0 Å². The minimum Gasteiger partial charge on any atom is -0.324 e. The maximum Gasteiger partial charge on any atom is 0.265 e. The molecule has 31 heavy (non-hydrogen) atoms. The zero-order valence-electron chi connectivity index (χ0n) is 16.2. The van der Waals surface area contributed by atoms with Crippen molar-refractivity contribution in [3.8, 4) is 0 Å². The van der Waals surface area contributed by atoms with Gasteiger partial charge < -0.3 is 4.98 Å². The number of para-hydroxylation sites is 2. The average molecular weight is 430 g/mol. The van der Waals surface area contributed by atoms with Gasteiger partial charge in [-0.05, 0) is 48.0 Å². The molecule has 0 aliphatic heterocycles. The Bertz CT molecular complexity index is 1450. The van der Waals surface area contributed by atoms with E-state index in [9.17, 15) is 9.59 Å². The largest absolute Gasteiger partial charge is 0.324 e. The van der Waals surface area contributed by atoms with Crippen LogP contribution in [0.4, 0.5) is 5.95 Å². The lowest BCUT2D eigenvalue weighted by Gasteiger charge is -2.12. The number of nitrogens with zero attached hydrogens (tertiary/aromatic N) is 3. The molecule has 0 fully saturated rings. The molecule has 0 atom stereocenters. The maximum atomic E-state index is 13.3. The van der Waals surface area contributed by atoms with E-state index in [0.29, 0.717) is 16.1 Å². The molecule has 0 saturated carbocycles. The number of fused-ring (bicyclic) bond motifs is 2. The number of carbonyl (C=O) groups excluding carboxylic acids is 1. The molecule has 152 valence electrons. The first-order valence-electron chi connectivity index (χ1n) is 9.57. The van der Waals surface area contributed by atoms with Crippen molar-refractivity contribution in [3.63, 3.8) is 0 Å². The van der Waals surface area contributed by atoms with Gasteiger partial charge in [0.25, 0.3) is 11.5 Å². The lowest BCUT2D eigenvalue weighted by molar-refractivity contribution is 0.102. The van der Waals surface area contributed by atoms with E-state index in [-0.39, 0.29) is 18.1 Å². The molecule has 2 aromatic carbocycles. The molecular formula is C23H16ClN5O2. The van der Waals surface area contributed by atoms with Crippen molar-refractivity contribution in [2.75, 3.05) is 5.32 Å². The number of halogens is 1. The van der Waals surface area contributed by atoms with Crippen LogP contribution in [0.5, 0.6) is 0 Å². The molecule has 0 bridgehead atoms. The highest BCUT2D eigenvalue weighted by molar-refractivity contribution is 6.30. The third-order valence-corrected chi connectivity index (χ3v) is 5.22. The second-order valence-electron chi connectivity index (χ2n) is 7.05. The van der Waals surface area contributed by atoms with Crippen LogP contribution in [0.15, 0.2) is 77.7 Å². The smallest absolute Gasteiger partial charge is 0.265 e. The molecule has 0 aliphatic rings. The summed E-state index contributed by atoms with van der Waals surface area (Å²) in [5, 5.41) is 3.99. The number of benzene rings is 2. The van der Waals surface area contributed by atoms with Gasteiger partial charge in [0, 0.05) is 16.6 Å². The van der Waals surface area contributed by atoms with E-state index in [2.05, 4.69) is 20.3 Å². The van der Waals surface area contributed by atoms with Gasteiger partial charge in [0.2, 0.25) is 5.95 Å². The number of anilines is 1. The number of aromatic amines is 1. The fourth-order valence-electron chi connectivity index (χ4n) is 3.48. The molecule has 5 rings (SSSR count). The molecule has 0 unspecified atom stereocenters. The predicted octanol–water partition coefficient (Wildman–Crippen LogP) is 4.23. The normalized spacial score (nSPS) is 11.1. The van der Waals surface area contributed by atoms with Crippen LogP contribution in [-0.4, -0.2) is 25.4 Å². The topological polar surface area (TPSA) is 92.7 Å². The number of carbonyl (C=O) groups is 1. The number of hydrogen-bond donors (Lipinski definition) is 2. The number of aromatic nitrogens is 4. The van der Waals surface area contributed by atoms with Gasteiger partial charge in [0.15, 0.2) is 0 Å². The summed E-state index contributed by atoms with van der Waals surface area (Å²) in [5.74, 6) is -0.263. The van der Waals surface area contributed by atoms with Crippen molar-refractivity contribution >= 4 is 45.5 Å². The Balaban J connectivity index is 1.56. The van der Waals surface area contributed by atoms with E-state index >= 15 is 0 Å².